The van der Waals surface area contributed by atoms with Gasteiger partial charge in [0, 0.05) is 33.4 Å². The van der Waals surface area contributed by atoms with E-state index in [0.29, 0.717) is 68.3 Å². The molecule has 278 valence electrons. The molecule has 0 atom stereocenters. The van der Waals surface area contributed by atoms with Gasteiger partial charge in [0.05, 0.1) is 5.56 Å². The first-order valence-corrected chi connectivity index (χ1v) is 18.5. The van der Waals surface area contributed by atoms with Gasteiger partial charge in [-0.2, -0.15) is 13.2 Å². The Hall–Kier alpha value is -7.65. The molecule has 0 bridgehead atoms. The number of halogens is 3. The van der Waals surface area contributed by atoms with Crippen molar-refractivity contribution in [3.8, 4) is 90.6 Å². The Morgan fingerprint density at radius 3 is 0.897 bits per heavy atom. The number of nitrogens with zero attached hydrogens (tertiary/aromatic N) is 6. The van der Waals surface area contributed by atoms with Gasteiger partial charge in [0.15, 0.2) is 34.9 Å². The number of hydrogen-bond acceptors (Lipinski definition) is 6. The van der Waals surface area contributed by atoms with Crippen molar-refractivity contribution in [3.05, 3.63) is 194 Å². The summed E-state index contributed by atoms with van der Waals surface area (Å²) in [6.45, 7) is 0. The van der Waals surface area contributed by atoms with Crippen LogP contribution in [0.15, 0.2) is 188 Å². The fourth-order valence-corrected chi connectivity index (χ4v) is 6.74. The van der Waals surface area contributed by atoms with E-state index in [9.17, 15) is 13.2 Å². The predicted octanol–water partition coefficient (Wildman–Crippen LogP) is 12.4. The monoisotopic (exact) mass is 760 g/mol. The Labute approximate surface area is 332 Å². The molecule has 0 aliphatic rings. The average Bonchev–Trinajstić information content (AvgIpc) is 3.29. The molecule has 0 N–H and O–H groups in total. The summed E-state index contributed by atoms with van der Waals surface area (Å²) in [7, 11) is 0. The highest BCUT2D eigenvalue weighted by atomic mass is 19.4. The molecule has 9 rings (SSSR count). The molecule has 9 aromatic rings. The van der Waals surface area contributed by atoms with Crippen molar-refractivity contribution >= 4 is 0 Å². The van der Waals surface area contributed by atoms with Crippen LogP contribution in [0.5, 0.6) is 0 Å². The lowest BCUT2D eigenvalue weighted by atomic mass is 9.91. The quantitative estimate of drug-likeness (QED) is 0.153. The average molecular weight is 761 g/mol. The molecule has 0 spiro atoms. The first kappa shape index (κ1) is 36.0. The smallest absolute Gasteiger partial charge is 0.208 e. The summed E-state index contributed by atoms with van der Waals surface area (Å²) >= 11 is 0. The fourth-order valence-electron chi connectivity index (χ4n) is 6.74. The molecule has 0 aliphatic carbocycles. The summed E-state index contributed by atoms with van der Waals surface area (Å²) in [5.74, 6) is 2.80. The molecule has 0 radical (unpaired) electrons. The van der Waals surface area contributed by atoms with Gasteiger partial charge in [-0.25, -0.2) is 29.9 Å². The molecule has 0 saturated carbocycles. The van der Waals surface area contributed by atoms with Gasteiger partial charge in [-0.05, 0) is 46.5 Å². The van der Waals surface area contributed by atoms with Gasteiger partial charge in [-0.3, -0.25) is 0 Å². The minimum Gasteiger partial charge on any atom is -0.208 e. The molecule has 58 heavy (non-hydrogen) atoms. The van der Waals surface area contributed by atoms with E-state index < -0.39 is 11.7 Å². The van der Waals surface area contributed by atoms with Crippen LogP contribution in [0.1, 0.15) is 5.56 Å². The van der Waals surface area contributed by atoms with Crippen LogP contribution >= 0.6 is 0 Å². The highest BCUT2D eigenvalue weighted by molar-refractivity contribution is 5.87. The van der Waals surface area contributed by atoms with Crippen molar-refractivity contribution in [1.82, 2.24) is 29.9 Å². The minimum absolute atomic E-state index is 0.389. The largest absolute Gasteiger partial charge is 0.416 e. The third kappa shape index (κ3) is 7.61. The summed E-state index contributed by atoms with van der Waals surface area (Å²) in [6, 6.07) is 57.2. The van der Waals surface area contributed by atoms with E-state index >= 15 is 0 Å². The topological polar surface area (TPSA) is 77.3 Å². The highest BCUT2D eigenvalue weighted by Gasteiger charge is 2.31. The zero-order chi connectivity index (χ0) is 39.5. The molecule has 2 heterocycles. The Kier molecular flexibility index (Phi) is 9.61. The second-order valence-electron chi connectivity index (χ2n) is 13.5. The fraction of sp³-hybridized carbons (Fsp3) is 0.0204. The molecular formula is C49H31F3N6. The molecule has 0 saturated heterocycles. The van der Waals surface area contributed by atoms with Crippen LogP contribution in [0.3, 0.4) is 0 Å². The van der Waals surface area contributed by atoms with E-state index in [1.807, 2.05) is 158 Å². The molecule has 7 aromatic carbocycles. The summed E-state index contributed by atoms with van der Waals surface area (Å²) in [5.41, 5.74) is 6.05. The van der Waals surface area contributed by atoms with E-state index in [1.165, 1.54) is 12.1 Å². The lowest BCUT2D eigenvalue weighted by Crippen LogP contribution is -2.05. The van der Waals surface area contributed by atoms with Crippen LogP contribution in [-0.4, -0.2) is 29.9 Å². The number of alkyl halides is 3. The maximum Gasteiger partial charge on any atom is 0.416 e. The number of rotatable bonds is 8. The van der Waals surface area contributed by atoms with Gasteiger partial charge in [-0.1, -0.05) is 164 Å². The van der Waals surface area contributed by atoms with Crippen LogP contribution in [0.25, 0.3) is 90.6 Å². The molecule has 6 nitrogen and oxygen atoms in total. The van der Waals surface area contributed by atoms with Gasteiger partial charge >= 0.3 is 6.18 Å². The standard InChI is InChI=1S/C49H31F3N6/c50-49(51,52)40-27-28-41(36-23-13-25-38(29-36)47-55-43(32-15-5-1-6-16-32)53-44(56-47)33-17-7-2-8-18-33)42(31-40)37-24-14-26-39(30-37)48-57-45(34-19-9-3-10-20-34)54-46(58-48)35-21-11-4-12-22-35/h1-31H. The van der Waals surface area contributed by atoms with Crippen molar-refractivity contribution in [2.75, 3.05) is 0 Å². The minimum atomic E-state index is -4.57. The molecule has 0 fully saturated rings. The van der Waals surface area contributed by atoms with Crippen LogP contribution in [0.4, 0.5) is 13.2 Å². The van der Waals surface area contributed by atoms with Crippen molar-refractivity contribution in [3.63, 3.8) is 0 Å². The Morgan fingerprint density at radius 1 is 0.259 bits per heavy atom. The number of hydrogen-bond donors (Lipinski definition) is 0. The van der Waals surface area contributed by atoms with E-state index in [-0.39, 0.29) is 0 Å². The molecular weight excluding hydrogens is 730 g/mol. The Bertz CT molecular complexity index is 2750. The van der Waals surface area contributed by atoms with Gasteiger partial charge in [0.25, 0.3) is 0 Å². The lowest BCUT2D eigenvalue weighted by molar-refractivity contribution is -0.137. The van der Waals surface area contributed by atoms with Crippen LogP contribution < -0.4 is 0 Å². The van der Waals surface area contributed by atoms with Crippen LogP contribution in [0.2, 0.25) is 0 Å². The number of benzene rings is 7. The third-order valence-electron chi connectivity index (χ3n) is 9.61. The maximum atomic E-state index is 14.4. The predicted molar refractivity (Wildman–Crippen MR) is 222 cm³/mol. The molecule has 2 aromatic heterocycles. The van der Waals surface area contributed by atoms with E-state index in [1.54, 1.807) is 12.1 Å². The van der Waals surface area contributed by atoms with E-state index in [2.05, 4.69) is 0 Å². The van der Waals surface area contributed by atoms with E-state index in [0.717, 1.165) is 28.3 Å². The first-order valence-electron chi connectivity index (χ1n) is 18.5. The maximum absolute atomic E-state index is 14.4. The Balaban J connectivity index is 1.17. The highest BCUT2D eigenvalue weighted by Crippen LogP contribution is 2.40. The van der Waals surface area contributed by atoms with Crippen molar-refractivity contribution in [2.24, 2.45) is 0 Å². The third-order valence-corrected chi connectivity index (χ3v) is 9.61. The summed E-state index contributed by atoms with van der Waals surface area (Å²) in [6.07, 6.45) is -4.57. The van der Waals surface area contributed by atoms with Crippen molar-refractivity contribution in [2.45, 2.75) is 6.18 Å². The van der Waals surface area contributed by atoms with Crippen LogP contribution in [0, 0.1) is 0 Å². The molecule has 9 heteroatoms. The molecule has 0 amide bonds. The van der Waals surface area contributed by atoms with Crippen molar-refractivity contribution < 1.29 is 13.2 Å². The lowest BCUT2D eigenvalue weighted by Gasteiger charge is -2.16. The first-order chi connectivity index (χ1) is 28.4. The second kappa shape index (κ2) is 15.5. The van der Waals surface area contributed by atoms with Gasteiger partial charge in [0.1, 0.15) is 0 Å². The second-order valence-corrected chi connectivity index (χ2v) is 13.5. The van der Waals surface area contributed by atoms with Crippen molar-refractivity contribution in [1.29, 1.82) is 0 Å². The zero-order valence-corrected chi connectivity index (χ0v) is 30.7. The Morgan fingerprint density at radius 2 is 0.552 bits per heavy atom. The van der Waals surface area contributed by atoms with Crippen LogP contribution in [-0.2, 0) is 6.18 Å². The molecule has 0 unspecified atom stereocenters. The van der Waals surface area contributed by atoms with E-state index in [4.69, 9.17) is 29.9 Å². The number of aromatic nitrogens is 6. The van der Waals surface area contributed by atoms with Gasteiger partial charge < -0.3 is 0 Å². The van der Waals surface area contributed by atoms with Gasteiger partial charge in [0.2, 0.25) is 0 Å². The normalized spacial score (nSPS) is 11.4. The van der Waals surface area contributed by atoms with Gasteiger partial charge in [-0.15, -0.1) is 0 Å². The summed E-state index contributed by atoms with van der Waals surface area (Å²) in [5, 5.41) is 0. The SMILES string of the molecule is FC(F)(F)c1ccc(-c2cccc(-c3nc(-c4ccccc4)nc(-c4ccccc4)n3)c2)c(-c2cccc(-c3nc(-c4ccccc4)nc(-c4ccccc4)n3)c2)c1. The summed E-state index contributed by atoms with van der Waals surface area (Å²) < 4.78 is 43.1. The summed E-state index contributed by atoms with van der Waals surface area (Å²) in [4.78, 5) is 29.0. The molecule has 0 aliphatic heterocycles. The zero-order valence-electron chi connectivity index (χ0n) is 30.7.